The van der Waals surface area contributed by atoms with Gasteiger partial charge >= 0.3 is 0 Å². The number of sulfonamides is 1. The fourth-order valence-corrected chi connectivity index (χ4v) is 3.56. The second-order valence-electron chi connectivity index (χ2n) is 7.57. The largest absolute Gasteiger partial charge is 0.440 e. The first-order valence-electron chi connectivity index (χ1n) is 9.03. The highest BCUT2D eigenvalue weighted by Gasteiger charge is 2.21. The third kappa shape index (κ3) is 4.72. The Balaban J connectivity index is 1.77. The van der Waals surface area contributed by atoms with E-state index in [2.05, 4.69) is 21.6 Å². The predicted octanol–water partition coefficient (Wildman–Crippen LogP) is 3.84. The van der Waals surface area contributed by atoms with Gasteiger partial charge in [0.25, 0.3) is 5.91 Å². The van der Waals surface area contributed by atoms with Crippen molar-refractivity contribution in [3.05, 3.63) is 66.6 Å². The van der Waals surface area contributed by atoms with Gasteiger partial charge in [-0.1, -0.05) is 26.8 Å². The molecule has 0 aliphatic heterocycles. The molecular weight excluding hydrogens is 390 g/mol. The summed E-state index contributed by atoms with van der Waals surface area (Å²) in [5, 5.41) is 2.79. The molecule has 0 fully saturated rings. The minimum Gasteiger partial charge on any atom is -0.440 e. The van der Waals surface area contributed by atoms with Crippen LogP contribution in [0.15, 0.2) is 64.4 Å². The molecule has 1 amide bonds. The Kier molecular flexibility index (Phi) is 5.59. The van der Waals surface area contributed by atoms with Gasteiger partial charge in [-0.2, -0.15) is 0 Å². The predicted molar refractivity (Wildman–Crippen MR) is 112 cm³/mol. The summed E-state index contributed by atoms with van der Waals surface area (Å²) < 4.78 is 32.3. The molecule has 8 heteroatoms. The van der Waals surface area contributed by atoms with Gasteiger partial charge in [0.15, 0.2) is 5.58 Å². The van der Waals surface area contributed by atoms with Crippen molar-refractivity contribution in [1.82, 2.24) is 9.71 Å². The molecule has 0 radical (unpaired) electrons. The van der Waals surface area contributed by atoms with E-state index in [1.807, 2.05) is 20.8 Å². The molecule has 0 bridgehead atoms. The number of nitrogens with one attached hydrogen (secondary N) is 2. The monoisotopic (exact) mass is 413 g/mol. The number of hydrogen-bond donors (Lipinski definition) is 2. The van der Waals surface area contributed by atoms with Gasteiger partial charge in [-0.3, -0.25) is 4.79 Å². The zero-order valence-corrected chi connectivity index (χ0v) is 17.3. The van der Waals surface area contributed by atoms with E-state index in [1.54, 1.807) is 18.2 Å². The Bertz CT molecular complexity index is 1160. The van der Waals surface area contributed by atoms with E-state index in [4.69, 9.17) is 4.42 Å². The number of fused-ring (bicyclic) bond motifs is 1. The van der Waals surface area contributed by atoms with E-state index < -0.39 is 10.0 Å². The number of oxazole rings is 1. The topological polar surface area (TPSA) is 101 Å². The molecule has 3 rings (SSSR count). The molecule has 2 N–H and O–H groups in total. The Labute approximate surface area is 169 Å². The van der Waals surface area contributed by atoms with Gasteiger partial charge in [0.2, 0.25) is 15.9 Å². The summed E-state index contributed by atoms with van der Waals surface area (Å²) in [5.41, 5.74) is 1.99. The van der Waals surface area contributed by atoms with Crippen LogP contribution >= 0.6 is 0 Å². The van der Waals surface area contributed by atoms with Crippen molar-refractivity contribution in [2.45, 2.75) is 31.1 Å². The average molecular weight is 413 g/mol. The molecule has 0 aliphatic rings. The summed E-state index contributed by atoms with van der Waals surface area (Å²) in [5.74, 6) is 0.268. The van der Waals surface area contributed by atoms with Gasteiger partial charge in [-0.05, 0) is 42.5 Å². The van der Waals surface area contributed by atoms with Crippen molar-refractivity contribution in [3.8, 4) is 0 Å². The summed E-state index contributed by atoms with van der Waals surface area (Å²) in [6.45, 7) is 9.64. The van der Waals surface area contributed by atoms with Gasteiger partial charge in [0.1, 0.15) is 5.52 Å². The highest BCUT2D eigenvalue weighted by Crippen LogP contribution is 2.27. The SMILES string of the molecule is C=CCNS(=O)(=O)c1ccc(C(=O)Nc2ccc3oc(C(C)(C)C)nc3c2)cc1. The standard InChI is InChI=1S/C21H23N3O4S/c1-5-12-22-29(26,27)16-9-6-14(7-10-16)19(25)23-15-8-11-18-17(13-15)24-20(28-18)21(2,3)4/h5-11,13,22H,1,12H2,2-4H3,(H,23,25). The number of carbonyl (C=O) groups is 1. The molecule has 0 saturated heterocycles. The maximum absolute atomic E-state index is 12.5. The molecule has 0 unspecified atom stereocenters. The molecule has 0 aliphatic carbocycles. The lowest BCUT2D eigenvalue weighted by molar-refractivity contribution is 0.102. The number of nitrogens with zero attached hydrogens (tertiary/aromatic N) is 1. The molecule has 0 saturated carbocycles. The van der Waals surface area contributed by atoms with Gasteiger partial charge in [0, 0.05) is 23.2 Å². The third-order valence-electron chi connectivity index (χ3n) is 4.13. The molecule has 29 heavy (non-hydrogen) atoms. The zero-order valence-electron chi connectivity index (χ0n) is 16.5. The third-order valence-corrected chi connectivity index (χ3v) is 5.57. The smallest absolute Gasteiger partial charge is 0.255 e. The van der Waals surface area contributed by atoms with Crippen molar-refractivity contribution < 1.29 is 17.6 Å². The molecule has 1 aromatic heterocycles. The molecular formula is C21H23N3O4S. The summed E-state index contributed by atoms with van der Waals surface area (Å²) in [6, 6.07) is 10.9. The van der Waals surface area contributed by atoms with Crippen molar-refractivity contribution >= 4 is 32.7 Å². The van der Waals surface area contributed by atoms with Crippen molar-refractivity contribution in [2.75, 3.05) is 11.9 Å². The van der Waals surface area contributed by atoms with E-state index >= 15 is 0 Å². The van der Waals surface area contributed by atoms with Gasteiger partial charge in [-0.25, -0.2) is 18.1 Å². The zero-order chi connectivity index (χ0) is 21.2. The first kappa shape index (κ1) is 20.8. The van der Waals surface area contributed by atoms with Crippen LogP contribution < -0.4 is 10.0 Å². The molecule has 1 heterocycles. The van der Waals surface area contributed by atoms with Crippen LogP contribution in [-0.4, -0.2) is 25.9 Å². The van der Waals surface area contributed by atoms with Crippen LogP contribution in [0.4, 0.5) is 5.69 Å². The van der Waals surface area contributed by atoms with Crippen molar-refractivity contribution in [2.24, 2.45) is 0 Å². The lowest BCUT2D eigenvalue weighted by Crippen LogP contribution is -2.23. The molecule has 3 aromatic rings. The number of aromatic nitrogens is 1. The van der Waals surface area contributed by atoms with Gasteiger partial charge in [-0.15, -0.1) is 6.58 Å². The maximum atomic E-state index is 12.5. The first-order chi connectivity index (χ1) is 13.6. The minimum atomic E-state index is -3.63. The van der Waals surface area contributed by atoms with E-state index in [1.165, 1.54) is 30.3 Å². The van der Waals surface area contributed by atoms with Crippen LogP contribution in [0.2, 0.25) is 0 Å². The van der Waals surface area contributed by atoms with E-state index in [-0.39, 0.29) is 22.8 Å². The summed E-state index contributed by atoms with van der Waals surface area (Å²) in [7, 11) is -3.63. The Morgan fingerprint density at radius 2 is 1.86 bits per heavy atom. The van der Waals surface area contributed by atoms with Crippen LogP contribution in [0.3, 0.4) is 0 Å². The van der Waals surface area contributed by atoms with E-state index in [0.717, 1.165) is 0 Å². The van der Waals surface area contributed by atoms with Crippen molar-refractivity contribution in [1.29, 1.82) is 0 Å². The summed E-state index contributed by atoms with van der Waals surface area (Å²) in [4.78, 5) is 17.1. The highest BCUT2D eigenvalue weighted by atomic mass is 32.2. The maximum Gasteiger partial charge on any atom is 0.255 e. The number of hydrogen-bond acceptors (Lipinski definition) is 5. The average Bonchev–Trinajstić information content (AvgIpc) is 3.10. The molecule has 2 aromatic carbocycles. The lowest BCUT2D eigenvalue weighted by Gasteiger charge is -2.11. The van der Waals surface area contributed by atoms with E-state index in [9.17, 15) is 13.2 Å². The molecule has 152 valence electrons. The fourth-order valence-electron chi connectivity index (χ4n) is 2.57. The van der Waals surface area contributed by atoms with E-state index in [0.29, 0.717) is 28.2 Å². The minimum absolute atomic E-state index is 0.0784. The summed E-state index contributed by atoms with van der Waals surface area (Å²) in [6.07, 6.45) is 1.45. The number of anilines is 1. The number of carbonyl (C=O) groups excluding carboxylic acids is 1. The Hall–Kier alpha value is -2.97. The van der Waals surface area contributed by atoms with Crippen LogP contribution in [-0.2, 0) is 15.4 Å². The highest BCUT2D eigenvalue weighted by molar-refractivity contribution is 7.89. The molecule has 0 atom stereocenters. The summed E-state index contributed by atoms with van der Waals surface area (Å²) >= 11 is 0. The molecule has 0 spiro atoms. The van der Waals surface area contributed by atoms with Crippen molar-refractivity contribution in [3.63, 3.8) is 0 Å². The number of benzene rings is 2. The normalized spacial score (nSPS) is 12.1. The Morgan fingerprint density at radius 1 is 1.17 bits per heavy atom. The van der Waals surface area contributed by atoms with Crippen LogP contribution in [0.1, 0.15) is 37.0 Å². The van der Waals surface area contributed by atoms with Crippen LogP contribution in [0, 0.1) is 0 Å². The van der Waals surface area contributed by atoms with Gasteiger partial charge < -0.3 is 9.73 Å². The van der Waals surface area contributed by atoms with Crippen LogP contribution in [0.25, 0.3) is 11.1 Å². The quantitative estimate of drug-likeness (QED) is 0.598. The second-order valence-corrected chi connectivity index (χ2v) is 9.34. The van der Waals surface area contributed by atoms with Gasteiger partial charge in [0.05, 0.1) is 4.90 Å². The second kappa shape index (κ2) is 7.81. The fraction of sp³-hybridized carbons (Fsp3) is 0.238. The first-order valence-corrected chi connectivity index (χ1v) is 10.5. The van der Waals surface area contributed by atoms with Crippen LogP contribution in [0.5, 0.6) is 0 Å². The number of rotatable bonds is 6. The Morgan fingerprint density at radius 3 is 2.48 bits per heavy atom. The molecule has 7 nitrogen and oxygen atoms in total. The number of amides is 1. The lowest BCUT2D eigenvalue weighted by atomic mass is 9.97.